The molecule has 7 heteroatoms. The molecule has 1 N–H and O–H groups in total. The third-order valence-electron chi connectivity index (χ3n) is 2.45. The summed E-state index contributed by atoms with van der Waals surface area (Å²) in [6, 6.07) is 3.80. The zero-order valence-electron chi connectivity index (χ0n) is 10.9. The van der Waals surface area contributed by atoms with Gasteiger partial charge in [-0.05, 0) is 5.56 Å². The molecule has 0 bridgehead atoms. The Morgan fingerprint density at radius 1 is 1.32 bits per heavy atom. The van der Waals surface area contributed by atoms with E-state index in [1.807, 2.05) is 12.1 Å². The van der Waals surface area contributed by atoms with E-state index in [0.29, 0.717) is 19.0 Å². The summed E-state index contributed by atoms with van der Waals surface area (Å²) in [5.41, 5.74) is 1.06. The Morgan fingerprint density at radius 3 is 2.89 bits per heavy atom. The average molecular weight is 280 g/mol. The maximum absolute atomic E-state index is 5.01. The molecular weight excluding hydrogens is 264 g/mol. The lowest BCUT2D eigenvalue weighted by Gasteiger charge is -2.03. The predicted octanol–water partition coefficient (Wildman–Crippen LogP) is 1.74. The van der Waals surface area contributed by atoms with Crippen molar-refractivity contribution in [2.24, 2.45) is 0 Å². The number of pyridine rings is 1. The number of aromatic nitrogens is 3. The predicted molar refractivity (Wildman–Crippen MR) is 73.6 cm³/mol. The standard InChI is InChI=1S/C12H16N4O2S/c1-17-6-5-10-15-12(19-16-10)14-8-9-3-4-11(18-2)13-7-9/h3-4,7H,5-6,8H2,1-2H3,(H,14,15,16). The van der Waals surface area contributed by atoms with Gasteiger partial charge in [-0.1, -0.05) is 6.07 Å². The Kier molecular flexibility index (Phi) is 5.05. The molecule has 0 aliphatic heterocycles. The van der Waals surface area contributed by atoms with Crippen molar-refractivity contribution in [3.63, 3.8) is 0 Å². The highest BCUT2D eigenvalue weighted by Gasteiger charge is 2.03. The molecule has 0 saturated heterocycles. The molecule has 0 amide bonds. The SMILES string of the molecule is COCCc1nsc(NCc2ccc(OC)nc2)n1. The molecule has 102 valence electrons. The van der Waals surface area contributed by atoms with Crippen molar-refractivity contribution in [2.45, 2.75) is 13.0 Å². The summed E-state index contributed by atoms with van der Waals surface area (Å²) in [6.45, 7) is 1.30. The van der Waals surface area contributed by atoms with E-state index in [2.05, 4.69) is 19.7 Å². The van der Waals surface area contributed by atoms with Crippen LogP contribution in [0.1, 0.15) is 11.4 Å². The number of ether oxygens (including phenoxy) is 2. The summed E-state index contributed by atoms with van der Waals surface area (Å²) in [5, 5.41) is 4.03. The highest BCUT2D eigenvalue weighted by molar-refractivity contribution is 7.09. The molecule has 2 aromatic rings. The second-order valence-electron chi connectivity index (χ2n) is 3.82. The van der Waals surface area contributed by atoms with Crippen molar-refractivity contribution in [1.82, 2.24) is 14.3 Å². The maximum Gasteiger partial charge on any atom is 0.212 e. The molecule has 0 atom stereocenters. The lowest BCUT2D eigenvalue weighted by Crippen LogP contribution is -2.01. The molecule has 2 heterocycles. The van der Waals surface area contributed by atoms with E-state index in [9.17, 15) is 0 Å². The van der Waals surface area contributed by atoms with Crippen molar-refractivity contribution in [3.05, 3.63) is 29.7 Å². The van der Waals surface area contributed by atoms with Gasteiger partial charge in [-0.25, -0.2) is 9.97 Å². The van der Waals surface area contributed by atoms with E-state index in [1.54, 1.807) is 20.4 Å². The summed E-state index contributed by atoms with van der Waals surface area (Å²) in [5.74, 6) is 1.42. The highest BCUT2D eigenvalue weighted by atomic mass is 32.1. The Balaban J connectivity index is 1.85. The van der Waals surface area contributed by atoms with Gasteiger partial charge >= 0.3 is 0 Å². The highest BCUT2D eigenvalue weighted by Crippen LogP contribution is 2.13. The molecule has 0 fully saturated rings. The zero-order valence-corrected chi connectivity index (χ0v) is 11.7. The lowest BCUT2D eigenvalue weighted by molar-refractivity contribution is 0.201. The second-order valence-corrected chi connectivity index (χ2v) is 4.57. The summed E-state index contributed by atoms with van der Waals surface area (Å²) >= 11 is 1.35. The van der Waals surface area contributed by atoms with Gasteiger partial charge in [0.25, 0.3) is 0 Å². The third-order valence-corrected chi connectivity index (χ3v) is 3.16. The van der Waals surface area contributed by atoms with E-state index in [1.165, 1.54) is 11.5 Å². The van der Waals surface area contributed by atoms with Crippen molar-refractivity contribution in [1.29, 1.82) is 0 Å². The van der Waals surface area contributed by atoms with Gasteiger partial charge in [-0.3, -0.25) is 0 Å². The van der Waals surface area contributed by atoms with Crippen molar-refractivity contribution >= 4 is 16.7 Å². The van der Waals surface area contributed by atoms with Crippen LogP contribution in [0.5, 0.6) is 5.88 Å². The largest absolute Gasteiger partial charge is 0.481 e. The maximum atomic E-state index is 5.01. The lowest BCUT2D eigenvalue weighted by atomic mass is 10.3. The number of nitrogens with zero attached hydrogens (tertiary/aromatic N) is 3. The van der Waals surface area contributed by atoms with Gasteiger partial charge in [0, 0.05) is 43.9 Å². The van der Waals surface area contributed by atoms with Crippen LogP contribution in [0.25, 0.3) is 0 Å². The molecule has 0 spiro atoms. The van der Waals surface area contributed by atoms with Crippen LogP contribution in [0.2, 0.25) is 0 Å². The van der Waals surface area contributed by atoms with Crippen molar-refractivity contribution < 1.29 is 9.47 Å². The van der Waals surface area contributed by atoms with E-state index in [4.69, 9.17) is 9.47 Å². The number of anilines is 1. The molecule has 0 aliphatic carbocycles. The Morgan fingerprint density at radius 2 is 2.21 bits per heavy atom. The Labute approximate surface area is 116 Å². The summed E-state index contributed by atoms with van der Waals surface area (Å²) < 4.78 is 14.2. The van der Waals surface area contributed by atoms with Crippen LogP contribution in [0, 0.1) is 0 Å². The summed E-state index contributed by atoms with van der Waals surface area (Å²) in [7, 11) is 3.27. The van der Waals surface area contributed by atoms with Crippen LogP contribution in [-0.2, 0) is 17.7 Å². The molecular formula is C12H16N4O2S. The molecule has 0 unspecified atom stereocenters. The normalized spacial score (nSPS) is 10.4. The molecule has 0 saturated carbocycles. The number of nitrogens with one attached hydrogen (secondary N) is 1. The van der Waals surface area contributed by atoms with Gasteiger partial charge in [0.15, 0.2) is 0 Å². The van der Waals surface area contributed by atoms with Crippen LogP contribution >= 0.6 is 11.5 Å². The van der Waals surface area contributed by atoms with Gasteiger partial charge in [0.05, 0.1) is 13.7 Å². The van der Waals surface area contributed by atoms with Gasteiger partial charge in [-0.2, -0.15) is 4.37 Å². The first-order valence-electron chi connectivity index (χ1n) is 5.86. The van der Waals surface area contributed by atoms with E-state index < -0.39 is 0 Å². The van der Waals surface area contributed by atoms with Crippen molar-refractivity contribution in [3.8, 4) is 5.88 Å². The van der Waals surface area contributed by atoms with Crippen LogP contribution in [0.4, 0.5) is 5.13 Å². The molecule has 0 radical (unpaired) electrons. The number of methoxy groups -OCH3 is 2. The first-order valence-corrected chi connectivity index (χ1v) is 6.63. The number of rotatable bonds is 7. The summed E-state index contributed by atoms with van der Waals surface area (Å²) in [6.07, 6.45) is 2.51. The van der Waals surface area contributed by atoms with E-state index >= 15 is 0 Å². The molecule has 19 heavy (non-hydrogen) atoms. The van der Waals surface area contributed by atoms with Crippen LogP contribution in [0.3, 0.4) is 0 Å². The van der Waals surface area contributed by atoms with Gasteiger partial charge in [0.1, 0.15) is 5.82 Å². The molecule has 0 aromatic carbocycles. The minimum atomic E-state index is 0.613. The molecule has 6 nitrogen and oxygen atoms in total. The van der Waals surface area contributed by atoms with Gasteiger partial charge in [0.2, 0.25) is 11.0 Å². The van der Waals surface area contributed by atoms with Crippen molar-refractivity contribution in [2.75, 3.05) is 26.1 Å². The Bertz CT molecular complexity index is 501. The van der Waals surface area contributed by atoms with Crippen LogP contribution in [0.15, 0.2) is 18.3 Å². The summed E-state index contributed by atoms with van der Waals surface area (Å²) in [4.78, 5) is 8.51. The average Bonchev–Trinajstić information content (AvgIpc) is 2.91. The second kappa shape index (κ2) is 7.01. The molecule has 2 aromatic heterocycles. The fourth-order valence-electron chi connectivity index (χ4n) is 1.43. The fraction of sp³-hybridized carbons (Fsp3) is 0.417. The molecule has 0 aliphatic rings. The fourth-order valence-corrected chi connectivity index (χ4v) is 2.04. The quantitative estimate of drug-likeness (QED) is 0.833. The van der Waals surface area contributed by atoms with Crippen LogP contribution < -0.4 is 10.1 Å². The number of hydrogen-bond donors (Lipinski definition) is 1. The minimum Gasteiger partial charge on any atom is -0.481 e. The third kappa shape index (κ3) is 4.15. The van der Waals surface area contributed by atoms with Gasteiger partial charge < -0.3 is 14.8 Å². The van der Waals surface area contributed by atoms with E-state index in [-0.39, 0.29) is 0 Å². The van der Waals surface area contributed by atoms with Crippen LogP contribution in [-0.4, -0.2) is 35.2 Å². The first-order chi connectivity index (χ1) is 9.31. The zero-order chi connectivity index (χ0) is 13.5. The van der Waals surface area contributed by atoms with Gasteiger partial charge in [-0.15, -0.1) is 0 Å². The molecule has 2 rings (SSSR count). The number of hydrogen-bond acceptors (Lipinski definition) is 7. The first kappa shape index (κ1) is 13.7. The Hall–Kier alpha value is -1.73. The van der Waals surface area contributed by atoms with E-state index in [0.717, 1.165) is 22.9 Å². The topological polar surface area (TPSA) is 69.2 Å². The minimum absolute atomic E-state index is 0.613. The monoisotopic (exact) mass is 280 g/mol. The smallest absolute Gasteiger partial charge is 0.212 e.